The number of rotatable bonds is 7. The topological polar surface area (TPSA) is 65.1 Å². The Morgan fingerprint density at radius 2 is 1.88 bits per heavy atom. The van der Waals surface area contributed by atoms with Crippen molar-refractivity contribution in [1.82, 2.24) is 0 Å². The van der Waals surface area contributed by atoms with Gasteiger partial charge in [-0.05, 0) is 42.1 Å². The van der Waals surface area contributed by atoms with Crippen LogP contribution >= 0.6 is 0 Å². The van der Waals surface area contributed by atoms with Crippen LogP contribution in [0.3, 0.4) is 0 Å². The number of alkyl halides is 2. The third-order valence-electron chi connectivity index (χ3n) is 5.31. The molecular formula is C24H21F2NO5. The highest BCUT2D eigenvalue weighted by molar-refractivity contribution is 6.19. The van der Waals surface area contributed by atoms with Crippen LogP contribution in [0, 0.1) is 0 Å². The molecule has 1 heterocycles. The van der Waals surface area contributed by atoms with Gasteiger partial charge in [0.2, 0.25) is 0 Å². The number of fused-ring (bicyclic) bond motifs is 3. The zero-order valence-electron chi connectivity index (χ0n) is 17.6. The van der Waals surface area contributed by atoms with Gasteiger partial charge in [-0.2, -0.15) is 8.78 Å². The lowest BCUT2D eigenvalue weighted by Crippen LogP contribution is -2.23. The number of nitrogens with zero attached hydrogens (tertiary/aromatic N) is 1. The number of carbonyl (C=O) groups is 2. The van der Waals surface area contributed by atoms with E-state index in [9.17, 15) is 18.4 Å². The first-order valence-corrected chi connectivity index (χ1v) is 10.1. The summed E-state index contributed by atoms with van der Waals surface area (Å²) >= 11 is 0. The molecule has 8 heteroatoms. The summed E-state index contributed by atoms with van der Waals surface area (Å²) in [7, 11) is 1.50. The zero-order chi connectivity index (χ0) is 22.8. The maximum Gasteiger partial charge on any atom is 0.387 e. The lowest BCUT2D eigenvalue weighted by atomic mass is 9.98. The number of methoxy groups -OCH3 is 1. The third-order valence-corrected chi connectivity index (χ3v) is 5.31. The van der Waals surface area contributed by atoms with E-state index in [-0.39, 0.29) is 36.2 Å². The first-order valence-electron chi connectivity index (χ1n) is 10.1. The van der Waals surface area contributed by atoms with Crippen molar-refractivity contribution in [3.63, 3.8) is 0 Å². The molecule has 0 saturated carbocycles. The molecule has 0 fully saturated rings. The molecule has 0 spiro atoms. The molecule has 0 bridgehead atoms. The van der Waals surface area contributed by atoms with Gasteiger partial charge in [0, 0.05) is 16.6 Å². The Morgan fingerprint density at radius 3 is 2.53 bits per heavy atom. The summed E-state index contributed by atoms with van der Waals surface area (Å²) in [5, 5.41) is 0.897. The second kappa shape index (κ2) is 8.82. The molecule has 0 saturated heterocycles. The standard InChI is InChI=1S/C24H21F2NO5/c1-3-31-20(28)11-14-7-9-16(10-8-14)27-13-17-19(30-2)12-15-5-4-6-18(32-24(25)26)21(15)22(17)23(27)29/h4-10,12,24H,3,11,13H2,1-2H3. The van der Waals surface area contributed by atoms with E-state index in [1.54, 1.807) is 54.3 Å². The average molecular weight is 441 g/mol. The summed E-state index contributed by atoms with van der Waals surface area (Å²) in [6.07, 6.45) is 0.134. The van der Waals surface area contributed by atoms with E-state index in [0.29, 0.717) is 34.4 Å². The molecule has 1 amide bonds. The summed E-state index contributed by atoms with van der Waals surface area (Å²) in [6, 6.07) is 13.4. The summed E-state index contributed by atoms with van der Waals surface area (Å²) in [6.45, 7) is -0.747. The summed E-state index contributed by atoms with van der Waals surface area (Å²) in [5.74, 6) is -0.229. The van der Waals surface area contributed by atoms with Crippen LogP contribution in [0.25, 0.3) is 10.8 Å². The Labute approximate surface area is 183 Å². The number of halogens is 2. The van der Waals surface area contributed by atoms with Crippen LogP contribution in [0.2, 0.25) is 0 Å². The van der Waals surface area contributed by atoms with E-state index in [4.69, 9.17) is 14.2 Å². The van der Waals surface area contributed by atoms with Crippen molar-refractivity contribution in [3.05, 3.63) is 65.2 Å². The summed E-state index contributed by atoms with van der Waals surface area (Å²) < 4.78 is 41.1. The minimum atomic E-state index is -3.02. The highest BCUT2D eigenvalue weighted by atomic mass is 19.3. The maximum absolute atomic E-state index is 13.4. The molecule has 166 valence electrons. The van der Waals surface area contributed by atoms with Crippen LogP contribution in [0.4, 0.5) is 14.5 Å². The molecule has 4 rings (SSSR count). The van der Waals surface area contributed by atoms with E-state index >= 15 is 0 Å². The molecule has 0 atom stereocenters. The third kappa shape index (κ3) is 3.95. The van der Waals surface area contributed by atoms with E-state index in [0.717, 1.165) is 5.56 Å². The van der Waals surface area contributed by atoms with Crippen molar-refractivity contribution in [2.45, 2.75) is 26.5 Å². The fraction of sp³-hybridized carbons (Fsp3) is 0.250. The molecule has 0 N–H and O–H groups in total. The Balaban J connectivity index is 1.73. The monoisotopic (exact) mass is 441 g/mol. The number of hydrogen-bond acceptors (Lipinski definition) is 5. The van der Waals surface area contributed by atoms with Gasteiger partial charge in [-0.3, -0.25) is 9.59 Å². The Kier molecular flexibility index (Phi) is 5.94. The van der Waals surface area contributed by atoms with Crippen molar-refractivity contribution in [2.75, 3.05) is 18.6 Å². The molecule has 0 unspecified atom stereocenters. The van der Waals surface area contributed by atoms with Crippen molar-refractivity contribution in [1.29, 1.82) is 0 Å². The van der Waals surface area contributed by atoms with Crippen molar-refractivity contribution in [2.24, 2.45) is 0 Å². The maximum atomic E-state index is 13.4. The number of hydrogen-bond donors (Lipinski definition) is 0. The van der Waals surface area contributed by atoms with E-state index in [2.05, 4.69) is 0 Å². The van der Waals surface area contributed by atoms with Gasteiger partial charge in [0.15, 0.2) is 0 Å². The second-order valence-corrected chi connectivity index (χ2v) is 7.20. The van der Waals surface area contributed by atoms with Crippen molar-refractivity contribution >= 4 is 28.3 Å². The van der Waals surface area contributed by atoms with Crippen LogP contribution in [0.1, 0.15) is 28.4 Å². The number of ether oxygens (including phenoxy) is 3. The molecular weight excluding hydrogens is 420 g/mol. The fourth-order valence-corrected chi connectivity index (χ4v) is 3.95. The fourth-order valence-electron chi connectivity index (χ4n) is 3.95. The van der Waals surface area contributed by atoms with Gasteiger partial charge >= 0.3 is 12.6 Å². The summed E-state index contributed by atoms with van der Waals surface area (Å²) in [5.41, 5.74) is 2.25. The van der Waals surface area contributed by atoms with Crippen LogP contribution in [0.5, 0.6) is 11.5 Å². The highest BCUT2D eigenvalue weighted by Gasteiger charge is 2.34. The minimum absolute atomic E-state index is 0.0589. The predicted molar refractivity (Wildman–Crippen MR) is 114 cm³/mol. The average Bonchev–Trinajstić information content (AvgIpc) is 3.11. The molecule has 32 heavy (non-hydrogen) atoms. The molecule has 3 aromatic rings. The van der Waals surface area contributed by atoms with Gasteiger partial charge in [-0.15, -0.1) is 0 Å². The number of esters is 1. The molecule has 3 aromatic carbocycles. The Bertz CT molecular complexity index is 1180. The van der Waals surface area contributed by atoms with Gasteiger partial charge in [-0.1, -0.05) is 24.3 Å². The Hall–Kier alpha value is -3.68. The SMILES string of the molecule is CCOC(=O)Cc1ccc(N2Cc3c(OC)cc4cccc(OC(F)F)c4c3C2=O)cc1. The lowest BCUT2D eigenvalue weighted by molar-refractivity contribution is -0.142. The normalized spacial score (nSPS) is 12.9. The smallest absolute Gasteiger partial charge is 0.387 e. The van der Waals surface area contributed by atoms with Gasteiger partial charge < -0.3 is 19.1 Å². The molecule has 0 aromatic heterocycles. The molecule has 0 aliphatic carbocycles. The number of carbonyl (C=O) groups excluding carboxylic acids is 2. The van der Waals surface area contributed by atoms with E-state index in [1.807, 2.05) is 0 Å². The van der Waals surface area contributed by atoms with Crippen LogP contribution in [0.15, 0.2) is 48.5 Å². The highest BCUT2D eigenvalue weighted by Crippen LogP contribution is 2.42. The Morgan fingerprint density at radius 1 is 1.12 bits per heavy atom. The van der Waals surface area contributed by atoms with Crippen LogP contribution in [-0.2, 0) is 22.5 Å². The predicted octanol–water partition coefficient (Wildman–Crippen LogP) is 4.72. The quantitative estimate of drug-likeness (QED) is 0.497. The van der Waals surface area contributed by atoms with Gasteiger partial charge in [0.25, 0.3) is 5.91 Å². The lowest BCUT2D eigenvalue weighted by Gasteiger charge is -2.16. The van der Waals surface area contributed by atoms with Gasteiger partial charge in [0.1, 0.15) is 11.5 Å². The first-order chi connectivity index (χ1) is 15.4. The largest absolute Gasteiger partial charge is 0.496 e. The van der Waals surface area contributed by atoms with Crippen molar-refractivity contribution in [3.8, 4) is 11.5 Å². The van der Waals surface area contributed by atoms with Gasteiger partial charge in [0.05, 0.1) is 32.2 Å². The number of anilines is 1. The summed E-state index contributed by atoms with van der Waals surface area (Å²) in [4.78, 5) is 26.7. The van der Waals surface area contributed by atoms with Crippen LogP contribution < -0.4 is 14.4 Å². The molecule has 1 aliphatic rings. The second-order valence-electron chi connectivity index (χ2n) is 7.20. The molecule has 6 nitrogen and oxygen atoms in total. The van der Waals surface area contributed by atoms with Crippen molar-refractivity contribution < 1.29 is 32.6 Å². The first kappa shape index (κ1) is 21.5. The van der Waals surface area contributed by atoms with E-state index < -0.39 is 6.61 Å². The van der Waals surface area contributed by atoms with Crippen LogP contribution in [-0.4, -0.2) is 32.2 Å². The zero-order valence-corrected chi connectivity index (χ0v) is 17.6. The number of amides is 1. The van der Waals surface area contributed by atoms with E-state index in [1.165, 1.54) is 13.2 Å². The van der Waals surface area contributed by atoms with Gasteiger partial charge in [-0.25, -0.2) is 0 Å². The molecule has 1 aliphatic heterocycles. The number of benzene rings is 3. The minimum Gasteiger partial charge on any atom is -0.496 e. The molecule has 0 radical (unpaired) electrons.